The molecule has 0 heteroatoms. The van der Waals surface area contributed by atoms with Crippen LogP contribution in [0.5, 0.6) is 0 Å². The van der Waals surface area contributed by atoms with Crippen LogP contribution < -0.4 is 0 Å². The first kappa shape index (κ1) is 13.6. The van der Waals surface area contributed by atoms with E-state index in [0.717, 1.165) is 6.42 Å². The maximum absolute atomic E-state index is 3.82. The third-order valence-corrected chi connectivity index (χ3v) is 1.85. The fourth-order valence-electron chi connectivity index (χ4n) is 1.13. The smallest absolute Gasteiger partial charge is 0.0533 e. The molecule has 0 N–H and O–H groups in total. The Morgan fingerprint density at radius 1 is 0.818 bits per heavy atom. The first-order valence-electron chi connectivity index (χ1n) is 4.71. The van der Waals surface area contributed by atoms with Gasteiger partial charge in [-0.15, -0.1) is 0 Å². The summed E-state index contributed by atoms with van der Waals surface area (Å²) in [4.78, 5) is 0. The summed E-state index contributed by atoms with van der Waals surface area (Å²) in [5, 5.41) is 0. The van der Waals surface area contributed by atoms with Crippen LogP contribution in [0.25, 0.3) is 0 Å². The van der Waals surface area contributed by atoms with Crippen LogP contribution in [0.15, 0.2) is 0 Å². The molecule has 0 nitrogen and oxygen atoms in total. The molecular formula is C11H24. The van der Waals surface area contributed by atoms with Crippen LogP contribution in [-0.2, 0) is 0 Å². The largest absolute Gasteiger partial charge is 0.0683 e. The lowest BCUT2D eigenvalue weighted by molar-refractivity contribution is 0.592. The standard InChI is InChI=1S/C10H21.CH3/c1-3-5-7-9-10-8-6-4-2;/h1,3-10H2,2H3;1H3. The Bertz CT molecular complexity index is 40.0. The van der Waals surface area contributed by atoms with E-state index in [2.05, 4.69) is 13.8 Å². The Labute approximate surface area is 73.4 Å². The van der Waals surface area contributed by atoms with E-state index in [1.807, 2.05) is 0 Å². The van der Waals surface area contributed by atoms with Gasteiger partial charge in [-0.05, 0) is 0 Å². The molecule has 0 aromatic heterocycles. The highest BCUT2D eigenvalue weighted by Crippen LogP contribution is 2.07. The highest BCUT2D eigenvalue weighted by molar-refractivity contribution is 4.45. The minimum absolute atomic E-state index is 0. The summed E-state index contributed by atoms with van der Waals surface area (Å²) in [7, 11) is 0. The average molecular weight is 156 g/mol. The van der Waals surface area contributed by atoms with Crippen LogP contribution >= 0.6 is 0 Å². The molecule has 0 bridgehead atoms. The highest BCUT2D eigenvalue weighted by atomic mass is 13.9. The molecule has 2 radical (unpaired) electrons. The number of unbranched alkanes of at least 4 members (excludes halogenated alkanes) is 7. The maximum atomic E-state index is 3.82. The predicted octanol–water partition coefficient (Wildman–Crippen LogP) is 4.41. The minimum Gasteiger partial charge on any atom is -0.0683 e. The van der Waals surface area contributed by atoms with Crippen molar-refractivity contribution in [3.63, 3.8) is 0 Å². The first-order chi connectivity index (χ1) is 4.91. The van der Waals surface area contributed by atoms with Crippen LogP contribution in [0.2, 0.25) is 0 Å². The summed E-state index contributed by atoms with van der Waals surface area (Å²) < 4.78 is 0. The van der Waals surface area contributed by atoms with Gasteiger partial charge in [0.05, 0.1) is 0 Å². The van der Waals surface area contributed by atoms with Gasteiger partial charge in [-0.25, -0.2) is 0 Å². The molecule has 0 aliphatic rings. The molecule has 0 spiro atoms. The number of hydrogen-bond donors (Lipinski definition) is 0. The fourth-order valence-corrected chi connectivity index (χ4v) is 1.13. The van der Waals surface area contributed by atoms with E-state index in [1.54, 1.807) is 0 Å². The van der Waals surface area contributed by atoms with Gasteiger partial charge in [-0.3, -0.25) is 0 Å². The Hall–Kier alpha value is 0. The van der Waals surface area contributed by atoms with E-state index < -0.39 is 0 Å². The molecule has 0 aliphatic heterocycles. The van der Waals surface area contributed by atoms with Gasteiger partial charge in [0.15, 0.2) is 0 Å². The van der Waals surface area contributed by atoms with Crippen molar-refractivity contribution in [2.24, 2.45) is 0 Å². The molecule has 0 atom stereocenters. The van der Waals surface area contributed by atoms with Crippen molar-refractivity contribution in [1.82, 2.24) is 0 Å². The molecule has 0 aromatic rings. The molecule has 0 heterocycles. The predicted molar refractivity (Wildman–Crippen MR) is 54.4 cm³/mol. The van der Waals surface area contributed by atoms with Crippen LogP contribution in [0.4, 0.5) is 0 Å². The van der Waals surface area contributed by atoms with Gasteiger partial charge >= 0.3 is 0 Å². The molecule has 0 fully saturated rings. The summed E-state index contributed by atoms with van der Waals surface area (Å²) >= 11 is 0. The van der Waals surface area contributed by atoms with Crippen molar-refractivity contribution in [1.29, 1.82) is 0 Å². The lowest BCUT2D eigenvalue weighted by Gasteiger charge is -1.97. The van der Waals surface area contributed by atoms with Crippen molar-refractivity contribution in [3.05, 3.63) is 14.4 Å². The van der Waals surface area contributed by atoms with Gasteiger partial charge in [0.2, 0.25) is 0 Å². The molecule has 0 saturated heterocycles. The Kier molecular flexibility index (Phi) is 15.6. The summed E-state index contributed by atoms with van der Waals surface area (Å²) in [5.74, 6) is 0. The van der Waals surface area contributed by atoms with Crippen LogP contribution in [0.3, 0.4) is 0 Å². The van der Waals surface area contributed by atoms with Gasteiger partial charge in [-0.2, -0.15) is 0 Å². The summed E-state index contributed by atoms with van der Waals surface area (Å²) in [6, 6.07) is 0. The molecule has 68 valence electrons. The minimum atomic E-state index is 0. The van der Waals surface area contributed by atoms with Gasteiger partial charge in [0.1, 0.15) is 0 Å². The van der Waals surface area contributed by atoms with Gasteiger partial charge < -0.3 is 0 Å². The Morgan fingerprint density at radius 2 is 1.27 bits per heavy atom. The zero-order chi connectivity index (χ0) is 7.66. The molecule has 0 aromatic carbocycles. The van der Waals surface area contributed by atoms with Crippen molar-refractivity contribution >= 4 is 0 Å². The van der Waals surface area contributed by atoms with Crippen molar-refractivity contribution in [2.75, 3.05) is 0 Å². The summed E-state index contributed by atoms with van der Waals surface area (Å²) in [6.07, 6.45) is 10.9. The second-order valence-corrected chi connectivity index (χ2v) is 2.97. The van der Waals surface area contributed by atoms with Gasteiger partial charge in [0, 0.05) is 0 Å². The lowest BCUT2D eigenvalue weighted by Crippen LogP contribution is -1.77. The van der Waals surface area contributed by atoms with E-state index in [0.29, 0.717) is 0 Å². The second-order valence-electron chi connectivity index (χ2n) is 2.97. The van der Waals surface area contributed by atoms with Gasteiger partial charge in [0.25, 0.3) is 0 Å². The normalized spacial score (nSPS) is 9.27. The zero-order valence-electron chi connectivity index (χ0n) is 8.36. The van der Waals surface area contributed by atoms with E-state index in [-0.39, 0.29) is 7.43 Å². The van der Waals surface area contributed by atoms with Crippen molar-refractivity contribution < 1.29 is 0 Å². The highest BCUT2D eigenvalue weighted by Gasteiger charge is 1.87. The Morgan fingerprint density at radius 3 is 1.73 bits per heavy atom. The molecular weight excluding hydrogens is 132 g/mol. The third-order valence-electron chi connectivity index (χ3n) is 1.85. The van der Waals surface area contributed by atoms with Crippen molar-refractivity contribution in [3.8, 4) is 0 Å². The molecule has 0 saturated carbocycles. The quantitative estimate of drug-likeness (QED) is 0.479. The molecule has 11 heavy (non-hydrogen) atoms. The van der Waals surface area contributed by atoms with E-state index in [9.17, 15) is 0 Å². The zero-order valence-corrected chi connectivity index (χ0v) is 8.36. The molecule has 0 amide bonds. The third kappa shape index (κ3) is 13.1. The lowest BCUT2D eigenvalue weighted by atomic mass is 10.1. The monoisotopic (exact) mass is 156 g/mol. The molecule has 0 unspecified atom stereocenters. The average Bonchev–Trinajstić information content (AvgIpc) is 1.97. The van der Waals surface area contributed by atoms with E-state index >= 15 is 0 Å². The van der Waals surface area contributed by atoms with Crippen LogP contribution in [0.1, 0.15) is 58.3 Å². The Balaban J connectivity index is 0. The first-order valence-corrected chi connectivity index (χ1v) is 4.71. The second kappa shape index (κ2) is 12.7. The molecule has 0 aliphatic carbocycles. The van der Waals surface area contributed by atoms with Crippen LogP contribution in [0, 0.1) is 14.4 Å². The SMILES string of the molecule is [CH2]CCCCCCCCC.[CH3]. The van der Waals surface area contributed by atoms with Gasteiger partial charge in [-0.1, -0.05) is 72.6 Å². The van der Waals surface area contributed by atoms with E-state index in [1.165, 1.54) is 44.9 Å². The molecule has 0 rings (SSSR count). The van der Waals surface area contributed by atoms with Crippen molar-refractivity contribution in [2.45, 2.75) is 58.3 Å². The van der Waals surface area contributed by atoms with Crippen LogP contribution in [-0.4, -0.2) is 0 Å². The summed E-state index contributed by atoms with van der Waals surface area (Å²) in [5.41, 5.74) is 0. The summed E-state index contributed by atoms with van der Waals surface area (Å²) in [6.45, 7) is 6.08. The van der Waals surface area contributed by atoms with E-state index in [4.69, 9.17) is 0 Å². The topological polar surface area (TPSA) is 0 Å². The number of hydrogen-bond acceptors (Lipinski definition) is 0. The fraction of sp³-hybridized carbons (Fsp3) is 0.818. The maximum Gasteiger partial charge on any atom is -0.0533 e. The number of rotatable bonds is 7.